The maximum absolute atomic E-state index is 4.38. The largest absolute Gasteiger partial charge is 0.335 e. The molecule has 1 N–H and O–H groups in total. The van der Waals surface area contributed by atoms with Crippen LogP contribution in [0.1, 0.15) is 19.2 Å². The highest BCUT2D eigenvalue weighted by Gasteiger charge is 2.07. The van der Waals surface area contributed by atoms with Gasteiger partial charge in [0.25, 0.3) is 0 Å². The third-order valence-corrected chi connectivity index (χ3v) is 2.69. The Kier molecular flexibility index (Phi) is 2.99. The minimum Gasteiger partial charge on any atom is -0.335 e. The van der Waals surface area contributed by atoms with Crippen LogP contribution < -0.4 is 5.32 Å². The summed E-state index contributed by atoms with van der Waals surface area (Å²) in [6.07, 6.45) is 8.41. The van der Waals surface area contributed by atoms with E-state index in [2.05, 4.69) is 34.1 Å². The van der Waals surface area contributed by atoms with Gasteiger partial charge in [0.1, 0.15) is 5.82 Å². The first kappa shape index (κ1) is 9.46. The third-order valence-electron chi connectivity index (χ3n) is 2.69. The molecule has 0 unspecified atom stereocenters. The third kappa shape index (κ3) is 2.04. The first-order chi connectivity index (χ1) is 6.90. The molecule has 2 rings (SSSR count). The smallest absolute Gasteiger partial charge is 0.112 e. The maximum Gasteiger partial charge on any atom is 0.112 e. The van der Waals surface area contributed by atoms with Crippen LogP contribution in [-0.2, 0) is 13.0 Å². The van der Waals surface area contributed by atoms with E-state index in [4.69, 9.17) is 0 Å². The van der Waals surface area contributed by atoms with Crippen molar-refractivity contribution in [3.63, 3.8) is 0 Å². The van der Waals surface area contributed by atoms with Gasteiger partial charge in [-0.3, -0.25) is 0 Å². The second-order valence-corrected chi connectivity index (χ2v) is 3.62. The minimum absolute atomic E-state index is 1.01. The normalized spacial score (nSPS) is 16.8. The molecule has 1 aromatic heterocycles. The number of nitrogens with zero attached hydrogens (tertiary/aromatic N) is 2. The van der Waals surface area contributed by atoms with E-state index in [1.54, 1.807) is 0 Å². The molecule has 0 spiro atoms. The molecule has 3 heteroatoms. The average Bonchev–Trinajstić information content (AvgIpc) is 2.67. The Morgan fingerprint density at radius 1 is 1.57 bits per heavy atom. The van der Waals surface area contributed by atoms with Crippen LogP contribution in [0.5, 0.6) is 0 Å². The zero-order chi connectivity index (χ0) is 9.80. The lowest BCUT2D eigenvalue weighted by Crippen LogP contribution is -2.21. The van der Waals surface area contributed by atoms with Crippen LogP contribution in [0.4, 0.5) is 0 Å². The fourth-order valence-corrected chi connectivity index (χ4v) is 1.83. The highest BCUT2D eigenvalue weighted by atomic mass is 15.0. The number of imidazole rings is 1. The number of aryl methyl sites for hydroxylation is 1. The van der Waals surface area contributed by atoms with Gasteiger partial charge in [0.2, 0.25) is 0 Å². The fourth-order valence-electron chi connectivity index (χ4n) is 1.83. The van der Waals surface area contributed by atoms with Gasteiger partial charge in [-0.25, -0.2) is 4.98 Å². The van der Waals surface area contributed by atoms with Gasteiger partial charge in [-0.1, -0.05) is 11.6 Å². The van der Waals surface area contributed by atoms with Gasteiger partial charge in [-0.05, 0) is 19.9 Å². The van der Waals surface area contributed by atoms with Crippen LogP contribution in [0.15, 0.2) is 24.0 Å². The number of hydrogen-bond acceptors (Lipinski definition) is 2. The van der Waals surface area contributed by atoms with E-state index in [9.17, 15) is 0 Å². The van der Waals surface area contributed by atoms with Gasteiger partial charge >= 0.3 is 0 Å². The van der Waals surface area contributed by atoms with Gasteiger partial charge in [-0.2, -0.15) is 0 Å². The highest BCUT2D eigenvalue weighted by Crippen LogP contribution is 2.11. The summed E-state index contributed by atoms with van der Waals surface area (Å²) in [5.74, 6) is 1.20. The lowest BCUT2D eigenvalue weighted by Gasteiger charge is -2.14. The van der Waals surface area contributed by atoms with Gasteiger partial charge in [0.15, 0.2) is 0 Å². The number of rotatable bonds is 3. The fraction of sp³-hybridized carbons (Fsp3) is 0.545. The number of aromatic nitrogens is 2. The first-order valence-electron chi connectivity index (χ1n) is 5.28. The molecule has 0 aliphatic carbocycles. The Morgan fingerprint density at radius 2 is 2.50 bits per heavy atom. The molecule has 0 aromatic carbocycles. The van der Waals surface area contributed by atoms with Crippen LogP contribution >= 0.6 is 0 Å². The molecule has 0 saturated heterocycles. The molecule has 76 valence electrons. The molecule has 3 nitrogen and oxygen atoms in total. The summed E-state index contributed by atoms with van der Waals surface area (Å²) in [6.45, 7) is 5.30. The van der Waals surface area contributed by atoms with Crippen molar-refractivity contribution in [3.8, 4) is 0 Å². The van der Waals surface area contributed by atoms with Crippen molar-refractivity contribution in [2.75, 3.05) is 13.1 Å². The molecule has 14 heavy (non-hydrogen) atoms. The van der Waals surface area contributed by atoms with Gasteiger partial charge in [0.05, 0.1) is 0 Å². The zero-order valence-electron chi connectivity index (χ0n) is 8.66. The molecule has 1 aliphatic heterocycles. The lowest BCUT2D eigenvalue weighted by atomic mass is 10.1. The minimum atomic E-state index is 1.01. The first-order valence-corrected chi connectivity index (χ1v) is 5.28. The molecule has 1 aromatic rings. The van der Waals surface area contributed by atoms with Crippen LogP contribution in [0.3, 0.4) is 0 Å². The predicted molar refractivity (Wildman–Crippen MR) is 57.2 cm³/mol. The summed E-state index contributed by atoms with van der Waals surface area (Å²) in [7, 11) is 0. The van der Waals surface area contributed by atoms with Gasteiger partial charge < -0.3 is 9.88 Å². The lowest BCUT2D eigenvalue weighted by molar-refractivity contribution is 0.662. The van der Waals surface area contributed by atoms with Gasteiger partial charge in [0, 0.05) is 31.9 Å². The summed E-state index contributed by atoms with van der Waals surface area (Å²) in [6, 6.07) is 0. The zero-order valence-corrected chi connectivity index (χ0v) is 8.66. The Balaban J connectivity index is 2.06. The Labute approximate surface area is 84.8 Å². The molecule has 0 fully saturated rings. The summed E-state index contributed by atoms with van der Waals surface area (Å²) in [5, 5.41) is 3.32. The highest BCUT2D eigenvalue weighted by molar-refractivity contribution is 5.13. The predicted octanol–water partition coefficient (Wildman–Crippen LogP) is 1.37. The van der Waals surface area contributed by atoms with Crippen molar-refractivity contribution in [1.29, 1.82) is 0 Å². The van der Waals surface area contributed by atoms with Crippen LogP contribution in [0, 0.1) is 0 Å². The van der Waals surface area contributed by atoms with E-state index in [0.717, 1.165) is 32.5 Å². The second kappa shape index (κ2) is 4.42. The Bertz CT molecular complexity index is 325. The molecule has 0 saturated carbocycles. The van der Waals surface area contributed by atoms with Crippen LogP contribution in [-0.4, -0.2) is 22.6 Å². The molecular formula is C11H17N3. The maximum atomic E-state index is 4.38. The van der Waals surface area contributed by atoms with Crippen molar-refractivity contribution in [3.05, 3.63) is 29.9 Å². The van der Waals surface area contributed by atoms with Crippen molar-refractivity contribution < 1.29 is 0 Å². The molecule has 0 radical (unpaired) electrons. The van der Waals surface area contributed by atoms with E-state index < -0.39 is 0 Å². The molecule has 0 amide bonds. The molecular weight excluding hydrogens is 174 g/mol. The quantitative estimate of drug-likeness (QED) is 0.731. The summed E-state index contributed by atoms with van der Waals surface area (Å²) < 4.78 is 2.21. The molecule has 2 heterocycles. The Hall–Kier alpha value is -1.09. The average molecular weight is 191 g/mol. The van der Waals surface area contributed by atoms with Crippen LogP contribution in [0.25, 0.3) is 0 Å². The number of nitrogens with one attached hydrogen (secondary N) is 1. The Morgan fingerprint density at radius 3 is 3.21 bits per heavy atom. The van der Waals surface area contributed by atoms with Crippen molar-refractivity contribution in [1.82, 2.24) is 14.9 Å². The van der Waals surface area contributed by atoms with Crippen molar-refractivity contribution >= 4 is 0 Å². The second-order valence-electron chi connectivity index (χ2n) is 3.62. The monoisotopic (exact) mass is 191 g/mol. The summed E-state index contributed by atoms with van der Waals surface area (Å²) in [5.41, 5.74) is 1.52. The molecule has 1 aliphatic rings. The summed E-state index contributed by atoms with van der Waals surface area (Å²) >= 11 is 0. The van der Waals surface area contributed by atoms with Crippen molar-refractivity contribution in [2.45, 2.75) is 26.3 Å². The van der Waals surface area contributed by atoms with E-state index in [0.29, 0.717) is 0 Å². The topological polar surface area (TPSA) is 29.9 Å². The van der Waals surface area contributed by atoms with Crippen LogP contribution in [0.2, 0.25) is 0 Å². The van der Waals surface area contributed by atoms with Gasteiger partial charge in [-0.15, -0.1) is 0 Å². The van der Waals surface area contributed by atoms with E-state index >= 15 is 0 Å². The summed E-state index contributed by atoms with van der Waals surface area (Å²) in [4.78, 5) is 4.38. The van der Waals surface area contributed by atoms with E-state index in [1.807, 2.05) is 6.20 Å². The molecule has 0 atom stereocenters. The molecule has 0 bridgehead atoms. The standard InChI is InChI=1S/C11H17N3/c1-2-14-8-7-13-11(14)9-10-3-5-12-6-4-10/h3,7-8,12H,2,4-6,9H2,1H3. The SMILES string of the molecule is CCn1ccnc1CC1=CCNCC1. The number of hydrogen-bond donors (Lipinski definition) is 1. The van der Waals surface area contributed by atoms with E-state index in [1.165, 1.54) is 11.4 Å². The van der Waals surface area contributed by atoms with Crippen molar-refractivity contribution in [2.24, 2.45) is 0 Å². The van der Waals surface area contributed by atoms with E-state index in [-0.39, 0.29) is 0 Å².